The molecule has 2 aromatic rings. The van der Waals surface area contributed by atoms with E-state index in [9.17, 15) is 44.3 Å². The van der Waals surface area contributed by atoms with Crippen LogP contribution >= 0.6 is 0 Å². The molecule has 0 saturated heterocycles. The average molecular weight is 482 g/mol. The Bertz CT molecular complexity index is 1070. The summed E-state index contributed by atoms with van der Waals surface area (Å²) in [5, 5.41) is 1.90. The minimum absolute atomic E-state index is 0.0813. The van der Waals surface area contributed by atoms with Crippen molar-refractivity contribution >= 4 is 21.7 Å². The highest BCUT2D eigenvalue weighted by atomic mass is 32.2. The quantitative estimate of drug-likeness (QED) is 0.592. The minimum Gasteiger partial charge on any atom is -0.368 e. The van der Waals surface area contributed by atoms with Crippen molar-refractivity contribution in [3.8, 4) is 0 Å². The number of nitrogens with one attached hydrogen (secondary N) is 1. The zero-order chi connectivity index (χ0) is 24.3. The summed E-state index contributed by atoms with van der Waals surface area (Å²) in [4.78, 5) is 23.9. The lowest BCUT2D eigenvalue weighted by molar-refractivity contribution is -0.143. The van der Waals surface area contributed by atoms with Crippen molar-refractivity contribution in [3.05, 3.63) is 65.2 Å². The Morgan fingerprint density at radius 3 is 1.84 bits per heavy atom. The van der Waals surface area contributed by atoms with E-state index in [4.69, 9.17) is 5.73 Å². The molecule has 6 nitrogen and oxygen atoms in total. The Morgan fingerprint density at radius 2 is 1.41 bits per heavy atom. The highest BCUT2D eigenvalue weighted by Gasteiger charge is 2.37. The normalized spacial score (nSPS) is 13.4. The molecule has 0 unspecified atom stereocenters. The van der Waals surface area contributed by atoms with E-state index >= 15 is 0 Å². The molecule has 0 spiro atoms. The number of primary amides is 1. The second kappa shape index (κ2) is 9.18. The van der Waals surface area contributed by atoms with Crippen LogP contribution in [0.5, 0.6) is 0 Å². The third-order valence-electron chi connectivity index (χ3n) is 4.28. The first kappa shape index (κ1) is 25.2. The third kappa shape index (κ3) is 6.45. The molecule has 174 valence electrons. The lowest BCUT2D eigenvalue weighted by Crippen LogP contribution is -2.45. The van der Waals surface area contributed by atoms with Gasteiger partial charge in [0.2, 0.25) is 5.91 Å². The highest BCUT2D eigenvalue weighted by molar-refractivity contribution is 7.91. The van der Waals surface area contributed by atoms with Gasteiger partial charge >= 0.3 is 12.4 Å². The summed E-state index contributed by atoms with van der Waals surface area (Å²) in [5.74, 6) is -3.34. The van der Waals surface area contributed by atoms with Crippen LogP contribution in [0.4, 0.5) is 26.3 Å². The molecule has 0 bridgehead atoms. The fourth-order valence-electron chi connectivity index (χ4n) is 2.63. The monoisotopic (exact) mass is 482 g/mol. The van der Waals surface area contributed by atoms with Gasteiger partial charge in [-0.05, 0) is 36.8 Å². The number of halogens is 6. The Balaban J connectivity index is 2.27. The smallest absolute Gasteiger partial charge is 0.368 e. The van der Waals surface area contributed by atoms with Gasteiger partial charge in [-0.2, -0.15) is 26.3 Å². The molecule has 0 aliphatic heterocycles. The first-order valence-electron chi connectivity index (χ1n) is 8.79. The maximum Gasteiger partial charge on any atom is 0.416 e. The Hall–Kier alpha value is -3.09. The number of alkyl halides is 6. The summed E-state index contributed by atoms with van der Waals surface area (Å²) in [5.41, 5.74) is 0.652. The zero-order valence-electron chi connectivity index (χ0n) is 16.0. The number of nitrogens with two attached hydrogens (primary N) is 1. The fourth-order valence-corrected chi connectivity index (χ4v) is 3.99. The topological polar surface area (TPSA) is 106 Å². The molecule has 0 saturated carbocycles. The predicted molar refractivity (Wildman–Crippen MR) is 100 cm³/mol. The van der Waals surface area contributed by atoms with E-state index < -0.39 is 68.9 Å². The molecule has 0 heterocycles. The number of sulfone groups is 1. The standard InChI is InChI=1S/C19H16F6N2O4S/c20-18(21,22)12-8-11(9-13(10-12)19(23,24)25)17(29)27-15(16(26)28)6-7-32(30,31)14-4-2-1-3-5-14/h1-5,8-10,15H,6-7H2,(H2,26,28)(H,27,29)/t15-/m1/s1. The molecule has 2 rings (SSSR count). The summed E-state index contributed by atoms with van der Waals surface area (Å²) in [7, 11) is -3.90. The molecule has 13 heteroatoms. The van der Waals surface area contributed by atoms with Gasteiger partial charge in [-0.1, -0.05) is 18.2 Å². The largest absolute Gasteiger partial charge is 0.416 e. The van der Waals surface area contributed by atoms with Crippen molar-refractivity contribution in [1.82, 2.24) is 5.32 Å². The van der Waals surface area contributed by atoms with Crippen molar-refractivity contribution in [3.63, 3.8) is 0 Å². The van der Waals surface area contributed by atoms with Gasteiger partial charge in [0.15, 0.2) is 9.84 Å². The van der Waals surface area contributed by atoms with E-state index in [2.05, 4.69) is 0 Å². The van der Waals surface area contributed by atoms with Crippen molar-refractivity contribution in [2.75, 3.05) is 5.75 Å². The summed E-state index contributed by atoms with van der Waals surface area (Å²) in [6, 6.07) is 5.59. The van der Waals surface area contributed by atoms with Crippen LogP contribution in [0, 0.1) is 0 Å². The van der Waals surface area contributed by atoms with Crippen molar-refractivity contribution in [2.24, 2.45) is 5.73 Å². The number of hydrogen-bond acceptors (Lipinski definition) is 4. The molecular formula is C19H16F6N2O4S. The van der Waals surface area contributed by atoms with Gasteiger partial charge in [-0.15, -0.1) is 0 Å². The van der Waals surface area contributed by atoms with Crippen LogP contribution in [0.1, 0.15) is 27.9 Å². The van der Waals surface area contributed by atoms with Crippen molar-refractivity contribution < 1.29 is 44.3 Å². The van der Waals surface area contributed by atoms with Crippen LogP contribution < -0.4 is 11.1 Å². The molecule has 0 fully saturated rings. The van der Waals surface area contributed by atoms with Gasteiger partial charge in [-0.3, -0.25) is 9.59 Å². The van der Waals surface area contributed by atoms with E-state index in [1.165, 1.54) is 24.3 Å². The molecule has 3 N–H and O–H groups in total. The Kier molecular flexibility index (Phi) is 7.23. The lowest BCUT2D eigenvalue weighted by atomic mass is 10.0. The third-order valence-corrected chi connectivity index (χ3v) is 6.04. The number of rotatable bonds is 7. The first-order chi connectivity index (χ1) is 14.6. The average Bonchev–Trinajstić information content (AvgIpc) is 2.69. The first-order valence-corrected chi connectivity index (χ1v) is 10.4. The summed E-state index contributed by atoms with van der Waals surface area (Å²) >= 11 is 0. The van der Waals surface area contributed by atoms with E-state index in [-0.39, 0.29) is 23.1 Å². The van der Waals surface area contributed by atoms with Gasteiger partial charge < -0.3 is 11.1 Å². The van der Waals surface area contributed by atoms with Crippen LogP contribution in [0.25, 0.3) is 0 Å². The van der Waals surface area contributed by atoms with Gasteiger partial charge in [0.05, 0.1) is 21.8 Å². The molecular weight excluding hydrogens is 466 g/mol. The lowest BCUT2D eigenvalue weighted by Gasteiger charge is -2.18. The molecule has 32 heavy (non-hydrogen) atoms. The SMILES string of the molecule is NC(=O)[C@@H](CCS(=O)(=O)c1ccccc1)NC(=O)c1cc(C(F)(F)F)cc(C(F)(F)F)c1. The molecule has 2 amide bonds. The van der Waals surface area contributed by atoms with Crippen LogP contribution in [0.15, 0.2) is 53.4 Å². The van der Waals surface area contributed by atoms with E-state index in [0.717, 1.165) is 0 Å². The second-order valence-electron chi connectivity index (χ2n) is 6.64. The van der Waals surface area contributed by atoms with Crippen LogP contribution in [0.2, 0.25) is 0 Å². The van der Waals surface area contributed by atoms with Crippen LogP contribution in [0.3, 0.4) is 0 Å². The Morgan fingerprint density at radius 1 is 0.906 bits per heavy atom. The van der Waals surface area contributed by atoms with Gasteiger partial charge in [0.1, 0.15) is 6.04 Å². The fraction of sp³-hybridized carbons (Fsp3) is 0.263. The van der Waals surface area contributed by atoms with Crippen LogP contribution in [-0.2, 0) is 27.0 Å². The zero-order valence-corrected chi connectivity index (χ0v) is 16.8. The van der Waals surface area contributed by atoms with Crippen molar-refractivity contribution in [1.29, 1.82) is 0 Å². The number of hydrogen-bond donors (Lipinski definition) is 2. The molecule has 0 radical (unpaired) electrons. The summed E-state index contributed by atoms with van der Waals surface area (Å²) < 4.78 is 102. The Labute approximate surface area is 178 Å². The van der Waals surface area contributed by atoms with Gasteiger partial charge in [0, 0.05) is 5.56 Å². The molecule has 2 aromatic carbocycles. The number of benzene rings is 2. The van der Waals surface area contributed by atoms with E-state index in [1.807, 2.05) is 5.32 Å². The van der Waals surface area contributed by atoms with Crippen molar-refractivity contribution in [2.45, 2.75) is 29.7 Å². The van der Waals surface area contributed by atoms with Crippen LogP contribution in [-0.4, -0.2) is 32.0 Å². The number of carbonyl (C=O) groups excluding carboxylic acids is 2. The van der Waals surface area contributed by atoms with Gasteiger partial charge in [0.25, 0.3) is 5.91 Å². The highest BCUT2D eigenvalue weighted by Crippen LogP contribution is 2.36. The second-order valence-corrected chi connectivity index (χ2v) is 8.75. The summed E-state index contributed by atoms with van der Waals surface area (Å²) in [6.45, 7) is 0. The molecule has 0 aliphatic rings. The maximum atomic E-state index is 13.0. The summed E-state index contributed by atoms with van der Waals surface area (Å²) in [6.07, 6.45) is -10.9. The van der Waals surface area contributed by atoms with E-state index in [1.54, 1.807) is 6.07 Å². The molecule has 1 atom stereocenters. The predicted octanol–water partition coefficient (Wildman–Crippen LogP) is 3.17. The molecule has 0 aliphatic carbocycles. The number of carbonyl (C=O) groups is 2. The maximum absolute atomic E-state index is 13.0. The minimum atomic E-state index is -5.18. The number of amides is 2. The molecule has 0 aromatic heterocycles. The van der Waals surface area contributed by atoms with E-state index in [0.29, 0.717) is 0 Å². The van der Waals surface area contributed by atoms with Gasteiger partial charge in [-0.25, -0.2) is 8.42 Å².